The smallest absolute Gasteiger partial charge is 0.253 e. The number of nitrogens with zero attached hydrogens (tertiary/aromatic N) is 3. The van der Waals surface area contributed by atoms with Crippen molar-refractivity contribution in [2.24, 2.45) is 5.92 Å². The number of carbonyl (C=O) groups excluding carboxylic acids is 2. The van der Waals surface area contributed by atoms with Crippen LogP contribution in [0.5, 0.6) is 0 Å². The highest BCUT2D eigenvalue weighted by Gasteiger charge is 2.62. The first kappa shape index (κ1) is 17.1. The van der Waals surface area contributed by atoms with Crippen molar-refractivity contribution in [3.63, 3.8) is 0 Å². The molecule has 0 unspecified atom stereocenters. The number of hydrogen-bond acceptors (Lipinski definition) is 4. The maximum atomic E-state index is 13.4. The average molecular weight is 426 g/mol. The lowest BCUT2D eigenvalue weighted by atomic mass is 9.89. The molecule has 2 amide bonds. The number of hydrazine groups is 1. The summed E-state index contributed by atoms with van der Waals surface area (Å²) in [5.74, 6) is -0.563. The lowest BCUT2D eigenvalue weighted by Gasteiger charge is -2.29. The zero-order valence-electron chi connectivity index (χ0n) is 15.0. The van der Waals surface area contributed by atoms with Gasteiger partial charge < -0.3 is 0 Å². The molecule has 0 aromatic heterocycles. The Kier molecular flexibility index (Phi) is 3.96. The first-order valence-corrected chi connectivity index (χ1v) is 10.1. The highest BCUT2D eigenvalue weighted by molar-refractivity contribution is 9.10. The second-order valence-electron chi connectivity index (χ2n) is 7.50. The highest BCUT2D eigenvalue weighted by Crippen LogP contribution is 2.49. The van der Waals surface area contributed by atoms with Crippen molar-refractivity contribution in [2.75, 3.05) is 18.0 Å². The molecule has 3 aliphatic rings. The van der Waals surface area contributed by atoms with Gasteiger partial charge in [-0.1, -0.05) is 51.8 Å². The van der Waals surface area contributed by atoms with Gasteiger partial charge >= 0.3 is 0 Å². The van der Waals surface area contributed by atoms with E-state index in [2.05, 4.69) is 57.1 Å². The van der Waals surface area contributed by atoms with Gasteiger partial charge in [0, 0.05) is 17.6 Å². The zero-order valence-corrected chi connectivity index (χ0v) is 16.6. The third-order valence-electron chi connectivity index (χ3n) is 5.89. The topological polar surface area (TPSA) is 43.9 Å². The van der Waals surface area contributed by atoms with E-state index < -0.39 is 6.04 Å². The summed E-state index contributed by atoms with van der Waals surface area (Å²) in [7, 11) is 0. The van der Waals surface area contributed by atoms with Gasteiger partial charge in [0.05, 0.1) is 17.6 Å². The molecule has 3 saturated heterocycles. The Labute approximate surface area is 166 Å². The molecule has 138 valence electrons. The number of aryl methyl sites for hydroxylation is 1. The van der Waals surface area contributed by atoms with Crippen molar-refractivity contribution < 1.29 is 9.59 Å². The largest absolute Gasteiger partial charge is 0.274 e. The summed E-state index contributed by atoms with van der Waals surface area (Å²) in [5, 5.41) is 4.38. The molecule has 3 heterocycles. The minimum Gasteiger partial charge on any atom is -0.274 e. The fourth-order valence-corrected chi connectivity index (χ4v) is 5.13. The van der Waals surface area contributed by atoms with Crippen LogP contribution in [0.2, 0.25) is 0 Å². The Balaban J connectivity index is 1.59. The summed E-state index contributed by atoms with van der Waals surface area (Å²) in [5.41, 5.74) is 2.94. The lowest BCUT2D eigenvalue weighted by Crippen LogP contribution is -2.44. The highest BCUT2D eigenvalue weighted by atomic mass is 79.9. The molecule has 5 nitrogen and oxygen atoms in total. The molecule has 2 aromatic carbocycles. The van der Waals surface area contributed by atoms with Gasteiger partial charge in [-0.2, -0.15) is 0 Å². The maximum absolute atomic E-state index is 13.4. The van der Waals surface area contributed by atoms with Crippen molar-refractivity contribution in [2.45, 2.75) is 25.4 Å². The molecular formula is C21H20BrN3O2. The van der Waals surface area contributed by atoms with Gasteiger partial charge in [0.15, 0.2) is 0 Å². The summed E-state index contributed by atoms with van der Waals surface area (Å²) < 4.78 is 0.857. The molecular weight excluding hydrogens is 406 g/mol. The molecule has 0 aliphatic carbocycles. The van der Waals surface area contributed by atoms with Gasteiger partial charge in [0.25, 0.3) is 5.91 Å². The second-order valence-corrected chi connectivity index (χ2v) is 8.41. The standard InChI is InChI=1S/C21H20BrN3O2/c1-13-6-8-14(9-7-13)18-17-19(24-11-3-10-23(18)24)21(27)25(20(17)26)16-5-2-4-15(22)12-16/h2,4-9,12,17-19H,3,10-11H2,1H3/t17-,18-,19-/m0/s1. The number of amides is 2. The molecule has 5 rings (SSSR count). The molecule has 0 bridgehead atoms. The summed E-state index contributed by atoms with van der Waals surface area (Å²) in [4.78, 5) is 28.1. The monoisotopic (exact) mass is 425 g/mol. The molecule has 0 radical (unpaired) electrons. The van der Waals surface area contributed by atoms with Crippen LogP contribution in [-0.2, 0) is 9.59 Å². The average Bonchev–Trinajstić information content (AvgIpc) is 3.28. The van der Waals surface area contributed by atoms with Crippen LogP contribution < -0.4 is 4.90 Å². The molecule has 6 heteroatoms. The maximum Gasteiger partial charge on any atom is 0.253 e. The van der Waals surface area contributed by atoms with Crippen LogP contribution in [0, 0.1) is 12.8 Å². The Hall–Kier alpha value is -2.02. The van der Waals surface area contributed by atoms with E-state index in [4.69, 9.17) is 0 Å². The number of halogens is 1. The zero-order chi connectivity index (χ0) is 18.7. The number of anilines is 1. The number of rotatable bonds is 2. The fraction of sp³-hybridized carbons (Fsp3) is 0.333. The van der Waals surface area contributed by atoms with E-state index >= 15 is 0 Å². The van der Waals surface area contributed by atoms with Crippen LogP contribution in [0.1, 0.15) is 23.6 Å². The quantitative estimate of drug-likeness (QED) is 0.692. The van der Waals surface area contributed by atoms with E-state index in [9.17, 15) is 9.59 Å². The predicted octanol–water partition coefficient (Wildman–Crippen LogP) is 3.29. The number of benzene rings is 2. The Bertz CT molecular complexity index is 929. The Morgan fingerprint density at radius 2 is 1.63 bits per heavy atom. The van der Waals surface area contributed by atoms with E-state index in [1.54, 1.807) is 0 Å². The molecule has 0 spiro atoms. The third-order valence-corrected chi connectivity index (χ3v) is 6.38. The summed E-state index contributed by atoms with van der Waals surface area (Å²) >= 11 is 3.44. The van der Waals surface area contributed by atoms with Gasteiger partial charge in [-0.25, -0.2) is 14.9 Å². The van der Waals surface area contributed by atoms with Gasteiger partial charge in [-0.05, 0) is 37.1 Å². The summed E-state index contributed by atoms with van der Waals surface area (Å²) in [6, 6.07) is 15.3. The summed E-state index contributed by atoms with van der Waals surface area (Å²) in [6.45, 7) is 3.78. The third kappa shape index (κ3) is 2.51. The SMILES string of the molecule is Cc1ccc([C@H]2[C@@H]3C(=O)N(c4cccc(Br)c4)C(=O)[C@H]3N3CCCN23)cc1. The molecule has 27 heavy (non-hydrogen) atoms. The van der Waals surface area contributed by atoms with E-state index in [1.165, 1.54) is 10.5 Å². The first-order valence-electron chi connectivity index (χ1n) is 9.29. The number of hydrogen-bond donors (Lipinski definition) is 0. The normalized spacial score (nSPS) is 28.1. The van der Waals surface area contributed by atoms with Crippen LogP contribution >= 0.6 is 15.9 Å². The molecule has 3 fully saturated rings. The van der Waals surface area contributed by atoms with Gasteiger partial charge in [0.2, 0.25) is 5.91 Å². The van der Waals surface area contributed by atoms with Crippen LogP contribution in [0.25, 0.3) is 0 Å². The summed E-state index contributed by atoms with van der Waals surface area (Å²) in [6.07, 6.45) is 1.02. The van der Waals surface area contributed by atoms with Crippen molar-refractivity contribution >= 4 is 33.4 Å². The molecule has 0 saturated carbocycles. The molecule has 2 aromatic rings. The van der Waals surface area contributed by atoms with E-state index in [0.29, 0.717) is 5.69 Å². The molecule has 3 aliphatic heterocycles. The molecule has 0 N–H and O–H groups in total. The van der Waals surface area contributed by atoms with E-state index in [0.717, 1.165) is 29.5 Å². The van der Waals surface area contributed by atoms with Crippen molar-refractivity contribution in [3.05, 3.63) is 64.1 Å². The second kappa shape index (κ2) is 6.26. The van der Waals surface area contributed by atoms with E-state index in [-0.39, 0.29) is 23.8 Å². The number of carbonyl (C=O) groups is 2. The number of imide groups is 1. The lowest BCUT2D eigenvalue weighted by molar-refractivity contribution is -0.126. The van der Waals surface area contributed by atoms with Crippen LogP contribution in [0.3, 0.4) is 0 Å². The Morgan fingerprint density at radius 3 is 2.33 bits per heavy atom. The first-order chi connectivity index (χ1) is 13.1. The van der Waals surface area contributed by atoms with Crippen molar-refractivity contribution in [1.29, 1.82) is 0 Å². The minimum absolute atomic E-state index is 0.0771. The van der Waals surface area contributed by atoms with Crippen molar-refractivity contribution in [3.8, 4) is 0 Å². The van der Waals surface area contributed by atoms with E-state index in [1.807, 2.05) is 24.3 Å². The van der Waals surface area contributed by atoms with Gasteiger partial charge in [-0.3, -0.25) is 9.59 Å². The van der Waals surface area contributed by atoms with Crippen LogP contribution in [0.4, 0.5) is 5.69 Å². The minimum atomic E-state index is -0.398. The van der Waals surface area contributed by atoms with Crippen LogP contribution in [0.15, 0.2) is 53.0 Å². The fourth-order valence-electron chi connectivity index (χ4n) is 4.75. The van der Waals surface area contributed by atoms with Gasteiger partial charge in [-0.15, -0.1) is 0 Å². The predicted molar refractivity (Wildman–Crippen MR) is 106 cm³/mol. The number of fused-ring (bicyclic) bond motifs is 3. The Morgan fingerprint density at radius 1 is 0.926 bits per heavy atom. The van der Waals surface area contributed by atoms with Crippen LogP contribution in [-0.4, -0.2) is 41.0 Å². The van der Waals surface area contributed by atoms with Crippen molar-refractivity contribution in [1.82, 2.24) is 10.0 Å². The van der Waals surface area contributed by atoms with Gasteiger partial charge in [0.1, 0.15) is 6.04 Å². The molecule has 3 atom stereocenters.